The summed E-state index contributed by atoms with van der Waals surface area (Å²) in [7, 11) is 0. The molecule has 2 N–H and O–H groups in total. The molecule has 1 aliphatic heterocycles. The number of nitrogen functional groups attached to an aromatic ring is 1. The zero-order valence-electron chi connectivity index (χ0n) is 12.8. The summed E-state index contributed by atoms with van der Waals surface area (Å²) in [6.45, 7) is 12.8. The van der Waals surface area contributed by atoms with Gasteiger partial charge in [0.25, 0.3) is 0 Å². The van der Waals surface area contributed by atoms with Gasteiger partial charge in [-0.05, 0) is 25.7 Å². The summed E-state index contributed by atoms with van der Waals surface area (Å²) in [5.74, 6) is 3.21. The van der Waals surface area contributed by atoms with Crippen LogP contribution < -0.4 is 10.6 Å². The molecule has 0 amide bonds. The van der Waals surface area contributed by atoms with Crippen LogP contribution in [0.3, 0.4) is 0 Å². The predicted octanol–water partition coefficient (Wildman–Crippen LogP) is 2.90. The maximum atomic E-state index is 6.08. The Bertz CT molecular complexity index is 462. The molecule has 1 unspecified atom stereocenters. The van der Waals surface area contributed by atoms with Crippen LogP contribution >= 0.6 is 0 Å². The molecule has 0 saturated carbocycles. The lowest BCUT2D eigenvalue weighted by atomic mass is 9.95. The monoisotopic (exact) mass is 262 g/mol. The van der Waals surface area contributed by atoms with E-state index in [-0.39, 0.29) is 5.41 Å². The maximum Gasteiger partial charge on any atom is 0.138 e. The molecule has 19 heavy (non-hydrogen) atoms. The molecule has 1 aliphatic rings. The third-order valence-corrected chi connectivity index (χ3v) is 3.79. The largest absolute Gasteiger partial charge is 0.383 e. The Morgan fingerprint density at radius 3 is 2.53 bits per heavy atom. The van der Waals surface area contributed by atoms with Crippen LogP contribution in [0.25, 0.3) is 0 Å². The Kier molecular flexibility index (Phi) is 3.70. The van der Waals surface area contributed by atoms with Crippen molar-refractivity contribution in [3.8, 4) is 0 Å². The number of nitrogens with zero attached hydrogens (tertiary/aromatic N) is 3. The van der Waals surface area contributed by atoms with Gasteiger partial charge in [-0.2, -0.15) is 0 Å². The quantitative estimate of drug-likeness (QED) is 0.845. The molecule has 2 heterocycles. The van der Waals surface area contributed by atoms with E-state index in [4.69, 9.17) is 10.7 Å². The minimum absolute atomic E-state index is 0.0715. The van der Waals surface area contributed by atoms with Crippen LogP contribution in [0.15, 0.2) is 0 Å². The molecule has 0 bridgehead atoms. The fourth-order valence-electron chi connectivity index (χ4n) is 2.55. The molecule has 0 aliphatic carbocycles. The molecule has 1 fully saturated rings. The average Bonchev–Trinajstić information content (AvgIpc) is 2.31. The molecule has 106 valence electrons. The number of piperidine rings is 1. The van der Waals surface area contributed by atoms with E-state index in [0.717, 1.165) is 36.2 Å². The van der Waals surface area contributed by atoms with Gasteiger partial charge in [0.15, 0.2) is 0 Å². The fourth-order valence-corrected chi connectivity index (χ4v) is 2.55. The minimum Gasteiger partial charge on any atom is -0.383 e. The second-order valence-corrected chi connectivity index (χ2v) is 6.82. The number of anilines is 2. The Balaban J connectivity index is 2.41. The topological polar surface area (TPSA) is 55.0 Å². The summed E-state index contributed by atoms with van der Waals surface area (Å²) < 4.78 is 0. The molecule has 2 rings (SSSR count). The average molecular weight is 262 g/mol. The molecule has 0 spiro atoms. The normalized spacial score (nSPS) is 20.7. The minimum atomic E-state index is -0.0715. The van der Waals surface area contributed by atoms with Crippen molar-refractivity contribution in [3.63, 3.8) is 0 Å². The summed E-state index contributed by atoms with van der Waals surface area (Å²) >= 11 is 0. The van der Waals surface area contributed by atoms with E-state index in [0.29, 0.717) is 5.82 Å². The van der Waals surface area contributed by atoms with Crippen molar-refractivity contribution in [2.45, 2.75) is 52.9 Å². The van der Waals surface area contributed by atoms with Gasteiger partial charge in [0.05, 0.1) is 0 Å². The molecule has 4 heteroatoms. The van der Waals surface area contributed by atoms with Crippen LogP contribution in [0.2, 0.25) is 0 Å². The summed E-state index contributed by atoms with van der Waals surface area (Å²) in [4.78, 5) is 11.6. The third kappa shape index (κ3) is 2.99. The van der Waals surface area contributed by atoms with E-state index in [9.17, 15) is 0 Å². The first-order chi connectivity index (χ1) is 8.79. The van der Waals surface area contributed by atoms with Crippen molar-refractivity contribution in [1.82, 2.24) is 9.97 Å². The summed E-state index contributed by atoms with van der Waals surface area (Å²) in [6.07, 6.45) is 2.54. The van der Waals surface area contributed by atoms with Crippen LogP contribution in [-0.2, 0) is 5.41 Å². The number of hydrogen-bond acceptors (Lipinski definition) is 4. The summed E-state index contributed by atoms with van der Waals surface area (Å²) in [5, 5.41) is 0. The second kappa shape index (κ2) is 4.99. The van der Waals surface area contributed by atoms with Crippen molar-refractivity contribution < 1.29 is 0 Å². The van der Waals surface area contributed by atoms with Crippen molar-refractivity contribution in [1.29, 1.82) is 0 Å². The molecule has 1 aromatic rings. The van der Waals surface area contributed by atoms with Crippen LogP contribution in [0, 0.1) is 12.8 Å². The zero-order valence-corrected chi connectivity index (χ0v) is 12.8. The van der Waals surface area contributed by atoms with Gasteiger partial charge in [0.1, 0.15) is 17.5 Å². The second-order valence-electron chi connectivity index (χ2n) is 6.82. The number of nitrogens with two attached hydrogens (primary N) is 1. The van der Waals surface area contributed by atoms with Crippen molar-refractivity contribution in [2.75, 3.05) is 23.7 Å². The molecule has 1 aromatic heterocycles. The van der Waals surface area contributed by atoms with Gasteiger partial charge >= 0.3 is 0 Å². The fraction of sp³-hybridized carbons (Fsp3) is 0.733. The van der Waals surface area contributed by atoms with E-state index in [1.165, 1.54) is 12.8 Å². The van der Waals surface area contributed by atoms with Gasteiger partial charge in [-0.1, -0.05) is 27.7 Å². The van der Waals surface area contributed by atoms with Crippen LogP contribution in [-0.4, -0.2) is 23.1 Å². The van der Waals surface area contributed by atoms with Gasteiger partial charge in [-0.15, -0.1) is 0 Å². The zero-order chi connectivity index (χ0) is 14.2. The smallest absolute Gasteiger partial charge is 0.138 e. The highest BCUT2D eigenvalue weighted by atomic mass is 15.2. The number of aromatic nitrogens is 2. The highest BCUT2D eigenvalue weighted by Gasteiger charge is 2.24. The van der Waals surface area contributed by atoms with Gasteiger partial charge in [-0.25, -0.2) is 9.97 Å². The summed E-state index contributed by atoms with van der Waals surface area (Å²) in [5.41, 5.74) is 7.03. The van der Waals surface area contributed by atoms with Gasteiger partial charge in [0.2, 0.25) is 0 Å². The first-order valence-electron chi connectivity index (χ1n) is 7.18. The van der Waals surface area contributed by atoms with Crippen LogP contribution in [0.4, 0.5) is 11.6 Å². The molecule has 0 radical (unpaired) electrons. The predicted molar refractivity (Wildman–Crippen MR) is 80.5 cm³/mol. The van der Waals surface area contributed by atoms with Gasteiger partial charge < -0.3 is 10.6 Å². The van der Waals surface area contributed by atoms with E-state index >= 15 is 0 Å². The molecule has 1 saturated heterocycles. The number of rotatable bonds is 1. The highest BCUT2D eigenvalue weighted by Crippen LogP contribution is 2.29. The Labute approximate surface area is 116 Å². The van der Waals surface area contributed by atoms with Crippen molar-refractivity contribution >= 4 is 11.6 Å². The Morgan fingerprint density at radius 2 is 1.95 bits per heavy atom. The van der Waals surface area contributed by atoms with E-state index < -0.39 is 0 Å². The van der Waals surface area contributed by atoms with E-state index in [2.05, 4.69) is 37.6 Å². The SMILES string of the molecule is Cc1c(N)nc(C(C)(C)C)nc1N1CCCC(C)C1. The van der Waals surface area contributed by atoms with Crippen molar-refractivity contribution in [2.24, 2.45) is 5.92 Å². The molecule has 0 aromatic carbocycles. The molecule has 4 nitrogen and oxygen atoms in total. The van der Waals surface area contributed by atoms with Crippen LogP contribution in [0.5, 0.6) is 0 Å². The molecular formula is C15H26N4. The lowest BCUT2D eigenvalue weighted by Crippen LogP contribution is -2.36. The first kappa shape index (κ1) is 14.1. The molecular weight excluding hydrogens is 236 g/mol. The highest BCUT2D eigenvalue weighted by molar-refractivity contribution is 5.57. The van der Waals surface area contributed by atoms with Gasteiger partial charge in [0, 0.05) is 24.1 Å². The lowest BCUT2D eigenvalue weighted by molar-refractivity contribution is 0.442. The standard InChI is InChI=1S/C15H26N4/c1-10-7-6-8-19(9-10)13-11(2)12(16)17-14(18-13)15(3,4)5/h10H,6-9H2,1-5H3,(H2,16,17,18). The first-order valence-corrected chi connectivity index (χ1v) is 7.18. The van der Waals surface area contributed by atoms with Gasteiger partial charge in [-0.3, -0.25) is 0 Å². The maximum absolute atomic E-state index is 6.08. The van der Waals surface area contributed by atoms with Crippen molar-refractivity contribution in [3.05, 3.63) is 11.4 Å². The molecule has 1 atom stereocenters. The Morgan fingerprint density at radius 1 is 1.26 bits per heavy atom. The van der Waals surface area contributed by atoms with Crippen LogP contribution in [0.1, 0.15) is 51.9 Å². The lowest BCUT2D eigenvalue weighted by Gasteiger charge is -2.33. The van der Waals surface area contributed by atoms with E-state index in [1.54, 1.807) is 0 Å². The number of hydrogen-bond donors (Lipinski definition) is 1. The summed E-state index contributed by atoms with van der Waals surface area (Å²) in [6, 6.07) is 0. The van der Waals surface area contributed by atoms with E-state index in [1.807, 2.05) is 6.92 Å². The third-order valence-electron chi connectivity index (χ3n) is 3.79. The Hall–Kier alpha value is -1.32.